The Morgan fingerprint density at radius 1 is 1.50 bits per heavy atom. The molecule has 0 fully saturated rings. The Morgan fingerprint density at radius 3 is 3.05 bits per heavy atom. The van der Waals surface area contributed by atoms with Gasteiger partial charge in [0.15, 0.2) is 5.65 Å². The molecule has 0 aliphatic carbocycles. The first-order chi connectivity index (χ1) is 9.63. The van der Waals surface area contributed by atoms with Crippen molar-refractivity contribution < 1.29 is 14.4 Å². The van der Waals surface area contributed by atoms with Crippen LogP contribution in [0.4, 0.5) is 10.7 Å². The van der Waals surface area contributed by atoms with Gasteiger partial charge in [0.25, 0.3) is 0 Å². The highest BCUT2D eigenvalue weighted by atomic mass is 16.5. The van der Waals surface area contributed by atoms with E-state index in [1.807, 2.05) is 12.2 Å². The van der Waals surface area contributed by atoms with Gasteiger partial charge in [-0.3, -0.25) is 5.32 Å². The molecule has 1 aliphatic rings. The fourth-order valence-corrected chi connectivity index (χ4v) is 2.05. The predicted molar refractivity (Wildman–Crippen MR) is 67.7 cm³/mol. The van der Waals surface area contributed by atoms with Crippen molar-refractivity contribution in [3.05, 3.63) is 34.5 Å². The molecule has 1 amide bonds. The molecule has 9 nitrogen and oxygen atoms in total. The van der Waals surface area contributed by atoms with Gasteiger partial charge in [-0.05, 0) is 6.42 Å². The van der Waals surface area contributed by atoms with Crippen molar-refractivity contribution in [3.8, 4) is 0 Å². The summed E-state index contributed by atoms with van der Waals surface area (Å²) in [4.78, 5) is 29.8. The Kier molecular flexibility index (Phi) is 2.95. The zero-order valence-electron chi connectivity index (χ0n) is 10.2. The molecule has 3 heterocycles. The van der Waals surface area contributed by atoms with E-state index in [0.29, 0.717) is 12.2 Å². The molecule has 3 rings (SSSR count). The number of hydrogen-bond acceptors (Lipinski definition) is 6. The van der Waals surface area contributed by atoms with E-state index < -0.39 is 11.8 Å². The van der Waals surface area contributed by atoms with E-state index in [0.717, 1.165) is 11.0 Å². The van der Waals surface area contributed by atoms with Crippen molar-refractivity contribution in [2.75, 3.05) is 11.9 Å². The van der Waals surface area contributed by atoms with Crippen LogP contribution in [0.1, 0.15) is 18.2 Å². The molecule has 2 aromatic rings. The molecule has 2 aromatic heterocycles. The first kappa shape index (κ1) is 12.4. The number of amides is 1. The molecule has 0 saturated heterocycles. The van der Waals surface area contributed by atoms with Gasteiger partial charge in [0.1, 0.15) is 0 Å². The fraction of sp³-hybridized carbons (Fsp3) is 0.273. The molecule has 104 valence electrons. The van der Waals surface area contributed by atoms with Gasteiger partial charge in [-0.2, -0.15) is 4.98 Å². The number of aromatic nitrogens is 3. The molecule has 20 heavy (non-hydrogen) atoms. The third kappa shape index (κ3) is 2.26. The van der Waals surface area contributed by atoms with Gasteiger partial charge in [0.05, 0.1) is 11.7 Å². The minimum atomic E-state index is -1.30. The number of hydrogen-bond donors (Lipinski definition) is 3. The predicted octanol–water partition coefficient (Wildman–Crippen LogP) is 0.363. The highest BCUT2D eigenvalue weighted by Crippen LogP contribution is 2.20. The summed E-state index contributed by atoms with van der Waals surface area (Å²) in [6, 6.07) is 1.53. The van der Waals surface area contributed by atoms with Crippen LogP contribution in [0.2, 0.25) is 0 Å². The summed E-state index contributed by atoms with van der Waals surface area (Å²) in [6.45, 7) is 0.699. The molecule has 0 radical (unpaired) electrons. The number of fused-ring (bicyclic) bond motifs is 1. The lowest BCUT2D eigenvalue weighted by molar-refractivity contribution is 0.209. The SMILES string of the molecule is O=C(O)Nc1nc(C2CC=CCN2)cc2nc(=O)on12. The Morgan fingerprint density at radius 2 is 2.35 bits per heavy atom. The first-order valence-electron chi connectivity index (χ1n) is 5.93. The zero-order valence-corrected chi connectivity index (χ0v) is 10.2. The maximum atomic E-state index is 11.2. The molecule has 0 spiro atoms. The number of nitrogens with one attached hydrogen (secondary N) is 2. The summed E-state index contributed by atoms with van der Waals surface area (Å²) in [5.74, 6) is -0.912. The third-order valence-corrected chi connectivity index (χ3v) is 2.88. The summed E-state index contributed by atoms with van der Waals surface area (Å²) in [6.07, 6.45) is 3.42. The second-order valence-electron chi connectivity index (χ2n) is 4.22. The van der Waals surface area contributed by atoms with Crippen LogP contribution in [0, 0.1) is 0 Å². The zero-order chi connectivity index (χ0) is 14.1. The molecule has 0 aromatic carbocycles. The summed E-state index contributed by atoms with van der Waals surface area (Å²) >= 11 is 0. The average molecular weight is 277 g/mol. The maximum Gasteiger partial charge on any atom is 0.460 e. The topological polar surface area (TPSA) is 122 Å². The van der Waals surface area contributed by atoms with Crippen LogP contribution in [-0.2, 0) is 0 Å². The van der Waals surface area contributed by atoms with Gasteiger partial charge < -0.3 is 14.9 Å². The number of rotatable bonds is 2. The van der Waals surface area contributed by atoms with Crippen molar-refractivity contribution in [1.29, 1.82) is 0 Å². The minimum absolute atomic E-state index is 0.0638. The lowest BCUT2D eigenvalue weighted by Crippen LogP contribution is -2.25. The van der Waals surface area contributed by atoms with E-state index in [1.165, 1.54) is 0 Å². The van der Waals surface area contributed by atoms with Gasteiger partial charge in [-0.15, -0.1) is 4.57 Å². The molecule has 3 N–H and O–H groups in total. The molecule has 1 unspecified atom stereocenters. The van der Waals surface area contributed by atoms with Crippen LogP contribution in [0.5, 0.6) is 0 Å². The van der Waals surface area contributed by atoms with E-state index in [9.17, 15) is 9.59 Å². The minimum Gasteiger partial charge on any atom is -0.465 e. The van der Waals surface area contributed by atoms with Gasteiger partial charge in [-0.25, -0.2) is 14.6 Å². The Bertz CT molecular complexity index is 747. The summed E-state index contributed by atoms with van der Waals surface area (Å²) < 4.78 is 5.73. The molecule has 1 atom stereocenters. The van der Waals surface area contributed by atoms with E-state index in [2.05, 4.69) is 20.6 Å². The standard InChI is InChI=1S/C11H11N5O4/c17-10(18)15-9-13-7(6-3-1-2-4-12-6)5-8-14-11(19)20-16(8)9/h1-2,5-6,12H,3-4H2,(H,13,15)(H,17,18). The number of nitrogens with zero attached hydrogens (tertiary/aromatic N) is 3. The second kappa shape index (κ2) is 4.78. The quantitative estimate of drug-likeness (QED) is 0.677. The van der Waals surface area contributed by atoms with Crippen molar-refractivity contribution in [1.82, 2.24) is 19.9 Å². The molecule has 0 saturated carbocycles. The molecule has 0 bridgehead atoms. The smallest absolute Gasteiger partial charge is 0.460 e. The number of carboxylic acid groups (broad SMARTS) is 1. The lowest BCUT2D eigenvalue weighted by atomic mass is 10.1. The van der Waals surface area contributed by atoms with E-state index in [-0.39, 0.29) is 17.6 Å². The second-order valence-corrected chi connectivity index (χ2v) is 4.22. The van der Waals surface area contributed by atoms with Crippen molar-refractivity contribution >= 4 is 17.7 Å². The van der Waals surface area contributed by atoms with Crippen LogP contribution in [-0.4, -0.2) is 32.3 Å². The van der Waals surface area contributed by atoms with Gasteiger partial charge >= 0.3 is 11.8 Å². The van der Waals surface area contributed by atoms with Crippen LogP contribution in [0.15, 0.2) is 27.5 Å². The highest BCUT2D eigenvalue weighted by Gasteiger charge is 2.18. The molecule has 1 aliphatic heterocycles. The summed E-state index contributed by atoms with van der Waals surface area (Å²) in [5, 5.41) is 14.1. The normalized spacial score (nSPS) is 18.3. The average Bonchev–Trinajstić information content (AvgIpc) is 2.80. The summed E-state index contributed by atoms with van der Waals surface area (Å²) in [7, 11) is 0. The van der Waals surface area contributed by atoms with Crippen LogP contribution >= 0.6 is 0 Å². The van der Waals surface area contributed by atoms with E-state index in [4.69, 9.17) is 9.63 Å². The monoisotopic (exact) mass is 277 g/mol. The molecular weight excluding hydrogens is 266 g/mol. The molecular formula is C11H11N5O4. The number of carbonyl (C=O) groups is 1. The van der Waals surface area contributed by atoms with Crippen molar-refractivity contribution in [2.45, 2.75) is 12.5 Å². The van der Waals surface area contributed by atoms with Crippen molar-refractivity contribution in [3.63, 3.8) is 0 Å². The largest absolute Gasteiger partial charge is 0.465 e. The highest BCUT2D eigenvalue weighted by molar-refractivity contribution is 5.80. The van der Waals surface area contributed by atoms with Gasteiger partial charge in [-0.1, -0.05) is 12.2 Å². The van der Waals surface area contributed by atoms with Crippen LogP contribution in [0.25, 0.3) is 5.65 Å². The van der Waals surface area contributed by atoms with Gasteiger partial charge in [0.2, 0.25) is 5.95 Å². The van der Waals surface area contributed by atoms with Crippen molar-refractivity contribution in [2.24, 2.45) is 0 Å². The van der Waals surface area contributed by atoms with E-state index >= 15 is 0 Å². The Labute approximate surface area is 111 Å². The van der Waals surface area contributed by atoms with E-state index in [1.54, 1.807) is 6.07 Å². The first-order valence-corrected chi connectivity index (χ1v) is 5.93. The third-order valence-electron chi connectivity index (χ3n) is 2.88. The van der Waals surface area contributed by atoms with Crippen LogP contribution < -0.4 is 16.4 Å². The Balaban J connectivity index is 2.11. The molecule has 9 heteroatoms. The fourth-order valence-electron chi connectivity index (χ4n) is 2.05. The van der Waals surface area contributed by atoms with Crippen LogP contribution in [0.3, 0.4) is 0 Å². The number of anilines is 1. The maximum absolute atomic E-state index is 11.2. The Hall–Kier alpha value is -2.68. The summed E-state index contributed by atoms with van der Waals surface area (Å²) in [5.41, 5.74) is 0.798. The lowest BCUT2D eigenvalue weighted by Gasteiger charge is -2.19. The van der Waals surface area contributed by atoms with Gasteiger partial charge in [0, 0.05) is 12.6 Å².